The Kier molecular flexibility index (Phi) is 12.6. The van der Waals surface area contributed by atoms with Crippen LogP contribution in [0.25, 0.3) is 0 Å². The number of hydrogen-bond donors (Lipinski definition) is 6. The number of thioether (sulfide) groups is 2. The van der Waals surface area contributed by atoms with Crippen LogP contribution in [0, 0.1) is 0 Å². The van der Waals surface area contributed by atoms with Gasteiger partial charge in [-0.25, -0.2) is 16.4 Å². The van der Waals surface area contributed by atoms with E-state index in [9.17, 15) is 19.2 Å². The van der Waals surface area contributed by atoms with Crippen molar-refractivity contribution in [3.8, 4) is 0 Å². The fourth-order valence-electron chi connectivity index (χ4n) is 3.43. The highest BCUT2D eigenvalue weighted by Gasteiger charge is 2.36. The van der Waals surface area contributed by atoms with Gasteiger partial charge in [-0.2, -0.15) is 0 Å². The van der Waals surface area contributed by atoms with Crippen molar-refractivity contribution in [2.45, 2.75) is 18.3 Å². The number of anilines is 1. The van der Waals surface area contributed by atoms with Gasteiger partial charge in [-0.3, -0.25) is 39.5 Å². The molecule has 2 atom stereocenters. The van der Waals surface area contributed by atoms with Crippen LogP contribution in [0.1, 0.15) is 12.6 Å². The molecule has 3 amide bonds. The van der Waals surface area contributed by atoms with Gasteiger partial charge in [0.15, 0.2) is 21.8 Å². The van der Waals surface area contributed by atoms with E-state index in [2.05, 4.69) is 36.5 Å². The first-order chi connectivity index (χ1) is 19.1. The summed E-state index contributed by atoms with van der Waals surface area (Å²) in [6.07, 6.45) is 0.719. The first kappa shape index (κ1) is 32.3. The highest BCUT2D eigenvalue weighted by Crippen LogP contribution is 2.33. The van der Waals surface area contributed by atoms with E-state index in [1.54, 1.807) is 12.3 Å². The quantitative estimate of drug-likeness (QED) is 0.0394. The number of oxime groups is 1. The number of hydrogen-bond acceptors (Lipinski definition) is 15. The van der Waals surface area contributed by atoms with Crippen molar-refractivity contribution in [2.24, 2.45) is 26.8 Å². The van der Waals surface area contributed by atoms with Crippen LogP contribution in [0.4, 0.5) is 5.13 Å². The summed E-state index contributed by atoms with van der Waals surface area (Å²) in [6.45, 7) is 1.71. The number of thiazole rings is 1. The van der Waals surface area contributed by atoms with Gasteiger partial charge in [-0.05, 0) is 12.5 Å². The Bertz CT molecular complexity index is 1220. The highest BCUT2D eigenvalue weighted by molar-refractivity contribution is 8.14. The first-order valence-corrected chi connectivity index (χ1v) is 14.1. The van der Waals surface area contributed by atoms with Gasteiger partial charge in [-0.15, -0.1) is 28.2 Å². The van der Waals surface area contributed by atoms with Crippen molar-refractivity contribution in [2.75, 3.05) is 38.4 Å². The maximum Gasteiger partial charge on any atom is 0.302 e. The third kappa shape index (κ3) is 8.31. The van der Waals surface area contributed by atoms with Gasteiger partial charge in [-0.1, -0.05) is 16.9 Å². The lowest BCUT2D eigenvalue weighted by Crippen LogP contribution is -2.53. The number of aldehydes is 1. The first-order valence-electron chi connectivity index (χ1n) is 11.2. The zero-order valence-corrected chi connectivity index (χ0v) is 24.4. The molecule has 0 saturated heterocycles. The van der Waals surface area contributed by atoms with Crippen LogP contribution < -0.4 is 33.6 Å². The van der Waals surface area contributed by atoms with Crippen molar-refractivity contribution < 1.29 is 24.0 Å². The predicted molar refractivity (Wildman–Crippen MR) is 156 cm³/mol. The third-order valence-electron chi connectivity index (χ3n) is 5.02. The maximum absolute atomic E-state index is 13.1. The Morgan fingerprint density at radius 3 is 2.70 bits per heavy atom. The lowest BCUT2D eigenvalue weighted by molar-refractivity contribution is -0.133. The molecule has 0 bridgehead atoms. The van der Waals surface area contributed by atoms with Crippen LogP contribution in [0.2, 0.25) is 0 Å². The normalized spacial score (nSPS) is 17.2. The SMILES string of the molecule is CN=C(SCC1=C(/C(N)=N/NN)N(C=O)[C@@H]([C@@H](C)NC(=O)/C(=N\OC)c2csc(N)n2)SC1)N(C)NC(=O)C=O. The number of nitrogen functional groups attached to an aromatic ring is 1. The predicted octanol–water partition coefficient (Wildman–Crippen LogP) is -2.02. The van der Waals surface area contributed by atoms with Gasteiger partial charge in [0, 0.05) is 31.0 Å². The van der Waals surface area contributed by atoms with Crippen LogP contribution in [0.15, 0.2) is 31.9 Å². The monoisotopic (exact) mass is 614 g/mol. The minimum atomic E-state index is -0.842. The Hall–Kier alpha value is -3.88. The lowest BCUT2D eigenvalue weighted by Gasteiger charge is -2.39. The summed E-state index contributed by atoms with van der Waals surface area (Å²) in [5.41, 5.74) is 17.5. The minimum absolute atomic E-state index is 0.0637. The summed E-state index contributed by atoms with van der Waals surface area (Å²) in [7, 11) is 4.34. The average molecular weight is 615 g/mol. The van der Waals surface area contributed by atoms with E-state index in [1.807, 2.05) is 0 Å². The van der Waals surface area contributed by atoms with Crippen molar-refractivity contribution >= 4 is 81.2 Å². The fraction of sp³-hybridized carbons (Fsp3) is 0.400. The van der Waals surface area contributed by atoms with Crippen molar-refractivity contribution in [1.82, 2.24) is 31.2 Å². The number of hydrazone groups is 1. The average Bonchev–Trinajstić information content (AvgIpc) is 3.36. The smallest absolute Gasteiger partial charge is 0.302 e. The molecule has 2 rings (SSSR count). The van der Waals surface area contributed by atoms with E-state index in [1.165, 1.54) is 54.6 Å². The van der Waals surface area contributed by atoms with Crippen LogP contribution in [-0.4, -0.2) is 100 Å². The molecular weight excluding hydrogens is 585 g/mol. The Morgan fingerprint density at radius 1 is 1.43 bits per heavy atom. The Morgan fingerprint density at radius 2 is 2.15 bits per heavy atom. The van der Waals surface area contributed by atoms with Crippen molar-refractivity contribution in [1.29, 1.82) is 0 Å². The molecule has 1 aromatic heterocycles. The molecule has 0 fully saturated rings. The van der Waals surface area contributed by atoms with Gasteiger partial charge in [0.1, 0.15) is 18.2 Å². The molecule has 0 radical (unpaired) electrons. The number of amidine groups is 2. The molecule has 2 heterocycles. The topological polar surface area (TPSA) is 248 Å². The second kappa shape index (κ2) is 15.6. The van der Waals surface area contributed by atoms with Crippen molar-refractivity contribution in [3.05, 3.63) is 22.3 Å². The molecular formula is C20H30N12O5S3. The zero-order valence-electron chi connectivity index (χ0n) is 22.0. The summed E-state index contributed by atoms with van der Waals surface area (Å²) < 4.78 is 0. The molecule has 1 aliphatic heterocycles. The van der Waals surface area contributed by atoms with Crippen LogP contribution in [-0.2, 0) is 24.0 Å². The second-order valence-corrected chi connectivity index (χ2v) is 10.6. The molecule has 1 aliphatic rings. The van der Waals surface area contributed by atoms with E-state index in [0.29, 0.717) is 28.6 Å². The zero-order chi connectivity index (χ0) is 29.8. The van der Waals surface area contributed by atoms with Crippen molar-refractivity contribution in [3.63, 3.8) is 0 Å². The van der Waals surface area contributed by atoms with Gasteiger partial charge in [0.2, 0.25) is 12.7 Å². The Balaban J connectivity index is 2.31. The van der Waals surface area contributed by atoms with Crippen LogP contribution in [0.3, 0.4) is 0 Å². The number of nitrogens with two attached hydrogens (primary N) is 3. The largest absolute Gasteiger partial charge is 0.398 e. The van der Waals surface area contributed by atoms with E-state index in [0.717, 1.165) is 11.3 Å². The number of nitrogens with zero attached hydrogens (tertiary/aromatic N) is 6. The summed E-state index contributed by atoms with van der Waals surface area (Å²) in [5, 5.41) is 13.3. The molecule has 1 aromatic rings. The van der Waals surface area contributed by atoms with Crippen LogP contribution >= 0.6 is 34.9 Å². The number of aliphatic imine (C=N–C) groups is 1. The number of nitrogens with one attached hydrogen (secondary N) is 3. The molecule has 0 unspecified atom stereocenters. The molecule has 218 valence electrons. The molecule has 0 aliphatic carbocycles. The van der Waals surface area contributed by atoms with Gasteiger partial charge >= 0.3 is 5.91 Å². The maximum atomic E-state index is 13.1. The highest BCUT2D eigenvalue weighted by atomic mass is 32.2. The van der Waals surface area contributed by atoms with Gasteiger partial charge in [0.25, 0.3) is 5.91 Å². The fourth-order valence-corrected chi connectivity index (χ4v) is 6.30. The molecule has 40 heavy (non-hydrogen) atoms. The molecule has 0 spiro atoms. The van der Waals surface area contributed by atoms with E-state index in [-0.39, 0.29) is 34.4 Å². The van der Waals surface area contributed by atoms with E-state index >= 15 is 0 Å². The Labute approximate surface area is 242 Å². The van der Waals surface area contributed by atoms with Gasteiger partial charge in [0.05, 0.1) is 11.7 Å². The van der Waals surface area contributed by atoms with Gasteiger partial charge < -0.3 is 21.6 Å². The number of rotatable bonds is 11. The number of carbonyl (C=O) groups excluding carboxylic acids is 4. The number of carbonyl (C=O) groups is 4. The molecule has 9 N–H and O–H groups in total. The van der Waals surface area contributed by atoms with Crippen LogP contribution in [0.5, 0.6) is 0 Å². The van der Waals surface area contributed by atoms with E-state index in [4.69, 9.17) is 22.1 Å². The number of hydrazine groups is 2. The molecule has 0 aromatic carbocycles. The molecule has 20 heteroatoms. The minimum Gasteiger partial charge on any atom is -0.398 e. The summed E-state index contributed by atoms with van der Waals surface area (Å²) >= 11 is 3.74. The lowest BCUT2D eigenvalue weighted by atomic mass is 10.1. The number of aromatic nitrogens is 1. The summed E-state index contributed by atoms with van der Waals surface area (Å²) in [6, 6.07) is -0.610. The molecule has 0 saturated carbocycles. The standard InChI is InChI=1S/C20H30N12O5S3/c1-10(25-17(36)14(29-37-4)12-8-39-19(22)26-12)18-32(9-34)15(16(21)27-30-23)11(6-38-18)7-40-20(24-2)31(3)28-13(35)5-33/h5,8-10,18,30H,6-7,23H2,1-4H3,(H2,21,27)(H2,22,26)(H,25,36)(H,28,35)/b24-20?,29-14-/t10-,18-/m1/s1. The second-order valence-electron chi connectivity index (χ2n) is 7.70. The summed E-state index contributed by atoms with van der Waals surface area (Å²) in [5.74, 6) is 4.52. The van der Waals surface area contributed by atoms with E-state index < -0.39 is 23.2 Å². The summed E-state index contributed by atoms with van der Waals surface area (Å²) in [4.78, 5) is 61.9. The third-order valence-corrected chi connectivity index (χ3v) is 8.40. The molecule has 17 nitrogen and oxygen atoms in total. The number of amides is 3.